The van der Waals surface area contributed by atoms with Gasteiger partial charge in [-0.15, -0.1) is 0 Å². The number of alkyl halides is 3. The molecule has 1 aliphatic heterocycles. The zero-order valence-electron chi connectivity index (χ0n) is 18.2. The van der Waals surface area contributed by atoms with Gasteiger partial charge in [0, 0.05) is 25.1 Å². The van der Waals surface area contributed by atoms with E-state index >= 15 is 0 Å². The molecule has 1 fully saturated rings. The maximum Gasteiger partial charge on any atom is 0.436 e. The van der Waals surface area contributed by atoms with Gasteiger partial charge in [0.25, 0.3) is 5.56 Å². The number of nitrogens with zero attached hydrogens (tertiary/aromatic N) is 3. The van der Waals surface area contributed by atoms with E-state index in [1.54, 1.807) is 20.8 Å². The molecule has 0 unspecified atom stereocenters. The van der Waals surface area contributed by atoms with E-state index in [-0.39, 0.29) is 23.9 Å². The highest BCUT2D eigenvalue weighted by atomic mass is 19.4. The molecular weight excluding hydrogens is 433 g/mol. The van der Waals surface area contributed by atoms with Crippen molar-refractivity contribution in [2.45, 2.75) is 58.2 Å². The number of fused-ring (bicyclic) bond motifs is 1. The number of likely N-dealkylation sites (tertiary alicyclic amines) is 1. The van der Waals surface area contributed by atoms with Crippen LogP contribution in [-0.4, -0.2) is 56.9 Å². The summed E-state index contributed by atoms with van der Waals surface area (Å²) in [4.78, 5) is 40.6. The Kier molecular flexibility index (Phi) is 6.25. The minimum atomic E-state index is -4.93. The van der Waals surface area contributed by atoms with E-state index in [1.165, 1.54) is 17.9 Å². The molecule has 9 nitrogen and oxygen atoms in total. The lowest BCUT2D eigenvalue weighted by Gasteiger charge is -2.33. The average Bonchev–Trinajstić information content (AvgIpc) is 3.06. The number of aromatic nitrogens is 3. The van der Waals surface area contributed by atoms with Crippen LogP contribution in [0, 0.1) is 0 Å². The van der Waals surface area contributed by atoms with Crippen LogP contribution in [0.15, 0.2) is 10.9 Å². The van der Waals surface area contributed by atoms with Crippen LogP contribution in [0.25, 0.3) is 5.65 Å². The summed E-state index contributed by atoms with van der Waals surface area (Å²) in [5.74, 6) is -1.57. The molecule has 1 aliphatic rings. The highest BCUT2D eigenvalue weighted by molar-refractivity contribution is 5.97. The molecule has 32 heavy (non-hydrogen) atoms. The van der Waals surface area contributed by atoms with Crippen LogP contribution in [0.5, 0.6) is 0 Å². The van der Waals surface area contributed by atoms with Gasteiger partial charge in [-0.05, 0) is 40.5 Å². The van der Waals surface area contributed by atoms with Crippen LogP contribution in [0.2, 0.25) is 0 Å². The zero-order chi connectivity index (χ0) is 23.8. The van der Waals surface area contributed by atoms with E-state index < -0.39 is 40.7 Å². The zero-order valence-corrected chi connectivity index (χ0v) is 18.2. The van der Waals surface area contributed by atoms with Crippen molar-refractivity contribution < 1.29 is 32.2 Å². The molecule has 1 amide bonds. The molecule has 2 aromatic rings. The quantitative estimate of drug-likeness (QED) is 0.708. The first-order valence-electron chi connectivity index (χ1n) is 10.2. The summed E-state index contributed by atoms with van der Waals surface area (Å²) in [5.41, 5.74) is -3.71. The first-order chi connectivity index (χ1) is 14.8. The molecule has 0 spiro atoms. The SMILES string of the molecule is CCOC(=O)c1c(C(F)(F)F)nn2c(C3CCN(C(=O)OC(C)(C)C)CC3)cc(=O)[nH]c12. The summed E-state index contributed by atoms with van der Waals surface area (Å²) in [5, 5.41) is 3.62. The van der Waals surface area contributed by atoms with E-state index in [1.807, 2.05) is 0 Å². The van der Waals surface area contributed by atoms with Crippen LogP contribution >= 0.6 is 0 Å². The molecule has 1 saturated heterocycles. The van der Waals surface area contributed by atoms with E-state index in [0.717, 1.165) is 4.52 Å². The normalized spacial score (nSPS) is 15.8. The average molecular weight is 458 g/mol. The molecule has 0 aromatic carbocycles. The molecule has 0 saturated carbocycles. The van der Waals surface area contributed by atoms with Gasteiger partial charge in [0.1, 0.15) is 11.2 Å². The number of piperidine rings is 1. The molecule has 3 rings (SSSR count). The third-order valence-electron chi connectivity index (χ3n) is 4.96. The monoisotopic (exact) mass is 458 g/mol. The Morgan fingerprint density at radius 1 is 1.22 bits per heavy atom. The van der Waals surface area contributed by atoms with Crippen molar-refractivity contribution in [3.8, 4) is 0 Å². The van der Waals surface area contributed by atoms with Gasteiger partial charge in [-0.1, -0.05) is 0 Å². The summed E-state index contributed by atoms with van der Waals surface area (Å²) < 4.78 is 51.9. The highest BCUT2D eigenvalue weighted by Crippen LogP contribution is 2.35. The van der Waals surface area contributed by atoms with Crippen molar-refractivity contribution in [3.05, 3.63) is 33.4 Å². The second kappa shape index (κ2) is 8.47. The van der Waals surface area contributed by atoms with Crippen molar-refractivity contribution in [2.75, 3.05) is 19.7 Å². The number of hydrogen-bond acceptors (Lipinski definition) is 6. The minimum absolute atomic E-state index is 0.138. The van der Waals surface area contributed by atoms with Gasteiger partial charge in [0.15, 0.2) is 11.3 Å². The fraction of sp³-hybridized carbons (Fsp3) is 0.600. The van der Waals surface area contributed by atoms with Crippen molar-refractivity contribution >= 4 is 17.7 Å². The molecule has 176 valence electrons. The van der Waals surface area contributed by atoms with Gasteiger partial charge in [0.2, 0.25) is 0 Å². The maximum atomic E-state index is 13.6. The number of ether oxygens (including phenoxy) is 2. The van der Waals surface area contributed by atoms with Crippen LogP contribution in [-0.2, 0) is 15.7 Å². The Balaban J connectivity index is 1.98. The molecular formula is C20H25F3N4O5. The number of hydrogen-bond donors (Lipinski definition) is 1. The minimum Gasteiger partial charge on any atom is -0.462 e. The number of H-pyrrole nitrogens is 1. The maximum absolute atomic E-state index is 13.6. The predicted molar refractivity (Wildman–Crippen MR) is 107 cm³/mol. The number of aromatic amines is 1. The van der Waals surface area contributed by atoms with E-state index in [0.29, 0.717) is 25.9 Å². The Bertz CT molecular complexity index is 1080. The lowest BCUT2D eigenvalue weighted by Crippen LogP contribution is -2.41. The van der Waals surface area contributed by atoms with Crippen molar-refractivity contribution in [2.24, 2.45) is 0 Å². The topological polar surface area (TPSA) is 106 Å². The Morgan fingerprint density at radius 3 is 2.38 bits per heavy atom. The first-order valence-corrected chi connectivity index (χ1v) is 10.2. The highest BCUT2D eigenvalue weighted by Gasteiger charge is 2.42. The van der Waals surface area contributed by atoms with Gasteiger partial charge < -0.3 is 19.4 Å². The number of carbonyl (C=O) groups excluding carboxylic acids is 2. The van der Waals surface area contributed by atoms with Gasteiger partial charge in [-0.2, -0.15) is 18.3 Å². The largest absolute Gasteiger partial charge is 0.462 e. The number of amides is 1. The fourth-order valence-electron chi connectivity index (χ4n) is 3.64. The molecule has 2 aromatic heterocycles. The standard InChI is InChI=1S/C20H25F3N4O5/c1-5-31-17(29)14-15(20(21,22)23)25-27-12(10-13(28)24-16(14)27)11-6-8-26(9-7-11)18(30)32-19(2,3)4/h10-11H,5-9H2,1-4H3,(H,24,28). The van der Waals surface area contributed by atoms with Crippen LogP contribution in [0.4, 0.5) is 18.0 Å². The van der Waals surface area contributed by atoms with Crippen molar-refractivity contribution in [3.63, 3.8) is 0 Å². The van der Waals surface area contributed by atoms with Crippen LogP contribution < -0.4 is 5.56 Å². The summed E-state index contributed by atoms with van der Waals surface area (Å²) >= 11 is 0. The number of nitrogens with one attached hydrogen (secondary N) is 1. The Hall–Kier alpha value is -3.05. The second-order valence-electron chi connectivity index (χ2n) is 8.50. The number of rotatable bonds is 3. The number of esters is 1. The Labute approximate surface area is 181 Å². The summed E-state index contributed by atoms with van der Waals surface area (Å²) in [6.07, 6.45) is -4.64. The number of halogens is 3. The van der Waals surface area contributed by atoms with Crippen LogP contribution in [0.1, 0.15) is 68.2 Å². The lowest BCUT2D eigenvalue weighted by molar-refractivity contribution is -0.141. The molecule has 12 heteroatoms. The third-order valence-corrected chi connectivity index (χ3v) is 4.96. The molecule has 3 heterocycles. The Morgan fingerprint density at radius 2 is 1.84 bits per heavy atom. The predicted octanol–water partition coefficient (Wildman–Crippen LogP) is 3.33. The summed E-state index contributed by atoms with van der Waals surface area (Å²) in [6.45, 7) is 7.17. The first kappa shape index (κ1) is 23.6. The smallest absolute Gasteiger partial charge is 0.436 e. The second-order valence-corrected chi connectivity index (χ2v) is 8.50. The summed E-state index contributed by atoms with van der Waals surface area (Å²) in [7, 11) is 0. The van der Waals surface area contributed by atoms with Gasteiger partial charge in [0.05, 0.1) is 12.3 Å². The fourth-order valence-corrected chi connectivity index (χ4v) is 3.64. The molecule has 1 N–H and O–H groups in total. The lowest BCUT2D eigenvalue weighted by atomic mass is 9.93. The number of carbonyl (C=O) groups is 2. The van der Waals surface area contributed by atoms with Crippen LogP contribution in [0.3, 0.4) is 0 Å². The van der Waals surface area contributed by atoms with Crippen molar-refractivity contribution in [1.82, 2.24) is 19.5 Å². The van der Waals surface area contributed by atoms with E-state index in [4.69, 9.17) is 9.47 Å². The van der Waals surface area contributed by atoms with E-state index in [2.05, 4.69) is 10.1 Å². The van der Waals surface area contributed by atoms with Crippen molar-refractivity contribution in [1.29, 1.82) is 0 Å². The molecule has 0 bridgehead atoms. The van der Waals surface area contributed by atoms with Gasteiger partial charge >= 0.3 is 18.2 Å². The molecule has 0 atom stereocenters. The molecule has 0 aliphatic carbocycles. The third kappa shape index (κ3) is 4.89. The molecule has 0 radical (unpaired) electrons. The summed E-state index contributed by atoms with van der Waals surface area (Å²) in [6, 6.07) is 1.17. The van der Waals surface area contributed by atoms with E-state index in [9.17, 15) is 27.6 Å². The van der Waals surface area contributed by atoms with Gasteiger partial charge in [-0.3, -0.25) is 4.79 Å². The van der Waals surface area contributed by atoms with Gasteiger partial charge in [-0.25, -0.2) is 14.1 Å².